The average Bonchev–Trinajstić information content (AvgIpc) is 2.68. The van der Waals surface area contributed by atoms with E-state index in [1.807, 2.05) is 44.2 Å². The molecule has 0 unspecified atom stereocenters. The van der Waals surface area contributed by atoms with Gasteiger partial charge in [0.2, 0.25) is 5.95 Å². The van der Waals surface area contributed by atoms with Gasteiger partial charge in [0, 0.05) is 37.9 Å². The smallest absolute Gasteiger partial charge is 0.409 e. The molecule has 1 fully saturated rings. The number of nitrogens with one attached hydrogen (secondary N) is 1. The van der Waals surface area contributed by atoms with Crippen LogP contribution in [-0.4, -0.2) is 60.9 Å². The summed E-state index contributed by atoms with van der Waals surface area (Å²) in [7, 11) is 1.64. The van der Waals surface area contributed by atoms with Gasteiger partial charge in [-0.15, -0.1) is 0 Å². The van der Waals surface area contributed by atoms with Gasteiger partial charge in [-0.25, -0.2) is 9.78 Å². The van der Waals surface area contributed by atoms with Gasteiger partial charge < -0.3 is 24.6 Å². The van der Waals surface area contributed by atoms with Crippen molar-refractivity contribution in [1.29, 1.82) is 0 Å². The summed E-state index contributed by atoms with van der Waals surface area (Å²) in [6, 6.07) is 9.59. The maximum atomic E-state index is 11.8. The molecule has 0 aliphatic carbocycles. The maximum Gasteiger partial charge on any atom is 0.409 e. The first kappa shape index (κ1) is 18.8. The zero-order chi connectivity index (χ0) is 19.2. The Kier molecular flexibility index (Phi) is 5.95. The Morgan fingerprint density at radius 1 is 1.19 bits per heavy atom. The minimum atomic E-state index is -0.263. The van der Waals surface area contributed by atoms with Crippen molar-refractivity contribution in [2.24, 2.45) is 0 Å². The van der Waals surface area contributed by atoms with Gasteiger partial charge in [0.05, 0.1) is 19.4 Å². The molecule has 3 rings (SSSR count). The number of carbonyl (C=O) groups is 1. The third-order valence-corrected chi connectivity index (χ3v) is 4.30. The average molecular weight is 371 g/mol. The molecule has 0 atom stereocenters. The van der Waals surface area contributed by atoms with Crippen molar-refractivity contribution in [2.45, 2.75) is 13.8 Å². The van der Waals surface area contributed by atoms with E-state index in [9.17, 15) is 4.79 Å². The molecule has 1 aliphatic heterocycles. The second kappa shape index (κ2) is 8.57. The van der Waals surface area contributed by atoms with Crippen LogP contribution in [0.3, 0.4) is 0 Å². The summed E-state index contributed by atoms with van der Waals surface area (Å²) in [5.41, 5.74) is 1.71. The highest BCUT2D eigenvalue weighted by molar-refractivity contribution is 5.68. The minimum absolute atomic E-state index is 0.263. The van der Waals surface area contributed by atoms with E-state index in [1.165, 1.54) is 0 Å². The zero-order valence-corrected chi connectivity index (χ0v) is 15.9. The second-order valence-corrected chi connectivity index (χ2v) is 6.19. The summed E-state index contributed by atoms with van der Waals surface area (Å²) >= 11 is 0. The fourth-order valence-electron chi connectivity index (χ4n) is 2.95. The SMILES string of the molecule is CCOC(=O)N1CCN(c2nc(C)cc(Nc3ccccc3OC)n2)CC1. The molecular formula is C19H25N5O3. The second-order valence-electron chi connectivity index (χ2n) is 6.19. The quantitative estimate of drug-likeness (QED) is 0.866. The Morgan fingerprint density at radius 2 is 1.93 bits per heavy atom. The fraction of sp³-hybridized carbons (Fsp3) is 0.421. The summed E-state index contributed by atoms with van der Waals surface area (Å²) in [5.74, 6) is 2.10. The highest BCUT2D eigenvalue weighted by atomic mass is 16.6. The third kappa shape index (κ3) is 4.58. The number of hydrogen-bond donors (Lipinski definition) is 1. The van der Waals surface area contributed by atoms with Crippen LogP contribution in [0, 0.1) is 6.92 Å². The lowest BCUT2D eigenvalue weighted by molar-refractivity contribution is 0.105. The van der Waals surface area contributed by atoms with Gasteiger partial charge in [-0.1, -0.05) is 12.1 Å². The summed E-state index contributed by atoms with van der Waals surface area (Å²) < 4.78 is 10.4. The lowest BCUT2D eigenvalue weighted by atomic mass is 10.3. The first-order valence-corrected chi connectivity index (χ1v) is 9.03. The number of piperazine rings is 1. The van der Waals surface area contributed by atoms with E-state index in [2.05, 4.69) is 20.2 Å². The number of rotatable bonds is 5. The van der Waals surface area contributed by atoms with Crippen molar-refractivity contribution in [3.05, 3.63) is 36.0 Å². The van der Waals surface area contributed by atoms with E-state index in [0.717, 1.165) is 17.1 Å². The monoisotopic (exact) mass is 371 g/mol. The normalized spacial score (nSPS) is 14.0. The minimum Gasteiger partial charge on any atom is -0.495 e. The van der Waals surface area contributed by atoms with Gasteiger partial charge in [-0.3, -0.25) is 0 Å². The van der Waals surface area contributed by atoms with Crippen LogP contribution >= 0.6 is 0 Å². The molecule has 0 radical (unpaired) electrons. The number of carbonyl (C=O) groups excluding carboxylic acids is 1. The Morgan fingerprint density at radius 3 is 2.63 bits per heavy atom. The van der Waals surface area contributed by atoms with Crippen LogP contribution in [0.15, 0.2) is 30.3 Å². The summed E-state index contributed by atoms with van der Waals surface area (Å²) in [6.07, 6.45) is -0.263. The number of para-hydroxylation sites is 2. The van der Waals surface area contributed by atoms with Gasteiger partial charge >= 0.3 is 6.09 Å². The molecule has 1 aliphatic rings. The molecule has 0 spiro atoms. The molecule has 1 aromatic carbocycles. The Balaban J connectivity index is 1.72. The van der Waals surface area contributed by atoms with Gasteiger partial charge in [0.1, 0.15) is 11.6 Å². The van der Waals surface area contributed by atoms with Crippen molar-refractivity contribution >= 4 is 23.5 Å². The lowest BCUT2D eigenvalue weighted by Crippen LogP contribution is -2.49. The van der Waals surface area contributed by atoms with E-state index < -0.39 is 0 Å². The first-order chi connectivity index (χ1) is 13.1. The van der Waals surface area contributed by atoms with Crippen molar-refractivity contribution in [3.63, 3.8) is 0 Å². The highest BCUT2D eigenvalue weighted by Crippen LogP contribution is 2.27. The topological polar surface area (TPSA) is 79.8 Å². The highest BCUT2D eigenvalue weighted by Gasteiger charge is 2.23. The van der Waals surface area contributed by atoms with Crippen molar-refractivity contribution in [3.8, 4) is 5.75 Å². The van der Waals surface area contributed by atoms with Crippen molar-refractivity contribution < 1.29 is 14.3 Å². The van der Waals surface area contributed by atoms with E-state index in [-0.39, 0.29) is 6.09 Å². The summed E-state index contributed by atoms with van der Waals surface area (Å²) in [5, 5.41) is 3.30. The molecule has 8 nitrogen and oxygen atoms in total. The molecule has 1 saturated heterocycles. The predicted octanol–water partition coefficient (Wildman–Crippen LogP) is 2.82. The van der Waals surface area contributed by atoms with Gasteiger partial charge in [-0.2, -0.15) is 4.98 Å². The molecule has 0 bridgehead atoms. The van der Waals surface area contributed by atoms with Crippen LogP contribution in [0.5, 0.6) is 5.75 Å². The van der Waals surface area contributed by atoms with E-state index in [1.54, 1.807) is 12.0 Å². The van der Waals surface area contributed by atoms with Gasteiger partial charge in [0.15, 0.2) is 0 Å². The fourth-order valence-corrected chi connectivity index (χ4v) is 2.95. The molecule has 1 aromatic heterocycles. The zero-order valence-electron chi connectivity index (χ0n) is 15.9. The molecule has 144 valence electrons. The number of nitrogens with zero attached hydrogens (tertiary/aromatic N) is 4. The Bertz CT molecular complexity index is 791. The number of ether oxygens (including phenoxy) is 2. The van der Waals surface area contributed by atoms with Gasteiger partial charge in [-0.05, 0) is 26.0 Å². The van der Waals surface area contributed by atoms with E-state index >= 15 is 0 Å². The number of hydrogen-bond acceptors (Lipinski definition) is 7. The van der Waals surface area contributed by atoms with Crippen LogP contribution in [0.4, 0.5) is 22.2 Å². The van der Waals surface area contributed by atoms with Gasteiger partial charge in [0.25, 0.3) is 0 Å². The molecular weight excluding hydrogens is 346 g/mol. The number of amides is 1. The lowest BCUT2D eigenvalue weighted by Gasteiger charge is -2.34. The Hall–Kier alpha value is -3.03. The number of aryl methyl sites for hydroxylation is 1. The van der Waals surface area contributed by atoms with Crippen LogP contribution in [-0.2, 0) is 4.74 Å². The molecule has 2 heterocycles. The predicted molar refractivity (Wildman–Crippen MR) is 104 cm³/mol. The Labute approximate surface area is 159 Å². The van der Waals surface area contributed by atoms with E-state index in [0.29, 0.717) is 44.6 Å². The summed E-state index contributed by atoms with van der Waals surface area (Å²) in [6.45, 7) is 6.64. The van der Waals surface area contributed by atoms with Crippen LogP contribution in [0.2, 0.25) is 0 Å². The number of benzene rings is 1. The van der Waals surface area contributed by atoms with E-state index in [4.69, 9.17) is 9.47 Å². The van der Waals surface area contributed by atoms with Crippen molar-refractivity contribution in [1.82, 2.24) is 14.9 Å². The first-order valence-electron chi connectivity index (χ1n) is 9.03. The number of anilines is 3. The molecule has 1 N–H and O–H groups in total. The standard InChI is InChI=1S/C19H25N5O3/c1-4-27-19(25)24-11-9-23(10-12-24)18-20-14(2)13-17(22-18)21-15-7-5-6-8-16(15)26-3/h5-8,13H,4,9-12H2,1-3H3,(H,20,21,22). The summed E-state index contributed by atoms with van der Waals surface area (Å²) in [4.78, 5) is 24.8. The van der Waals surface area contributed by atoms with Crippen LogP contribution < -0.4 is 15.0 Å². The largest absolute Gasteiger partial charge is 0.495 e. The molecule has 0 saturated carbocycles. The van der Waals surface area contributed by atoms with Crippen molar-refractivity contribution in [2.75, 3.05) is 50.1 Å². The molecule has 27 heavy (non-hydrogen) atoms. The van der Waals surface area contributed by atoms with Crippen LogP contribution in [0.25, 0.3) is 0 Å². The molecule has 8 heteroatoms. The molecule has 1 amide bonds. The third-order valence-electron chi connectivity index (χ3n) is 4.30. The van der Waals surface area contributed by atoms with Crippen LogP contribution in [0.1, 0.15) is 12.6 Å². The maximum absolute atomic E-state index is 11.8. The number of methoxy groups -OCH3 is 1. The number of aromatic nitrogens is 2. The molecule has 2 aromatic rings.